The minimum absolute atomic E-state index is 0.349. The zero-order chi connectivity index (χ0) is 12.5. The molecule has 0 unspecified atom stereocenters. The van der Waals surface area contributed by atoms with E-state index in [-0.39, 0.29) is 0 Å². The molecule has 88 valence electrons. The number of benzene rings is 1. The van der Waals surface area contributed by atoms with E-state index in [0.29, 0.717) is 11.1 Å². The molecule has 1 aromatic carbocycles. The van der Waals surface area contributed by atoms with Crippen molar-refractivity contribution in [1.82, 2.24) is 5.06 Å². The Bertz CT molecular complexity index is 436. The highest BCUT2D eigenvalue weighted by Crippen LogP contribution is 2.26. The minimum Gasteiger partial charge on any atom is -0.503 e. The van der Waals surface area contributed by atoms with Gasteiger partial charge in [-0.1, -0.05) is 0 Å². The Labute approximate surface area is 88.8 Å². The van der Waals surface area contributed by atoms with Gasteiger partial charge in [0, 0.05) is 7.05 Å². The Morgan fingerprint density at radius 3 is 2.44 bits per heavy atom. The Morgan fingerprint density at radius 2 is 1.94 bits per heavy atom. The second kappa shape index (κ2) is 4.40. The molecule has 0 bridgehead atoms. The Balaban J connectivity index is 3.31. The lowest BCUT2D eigenvalue weighted by molar-refractivity contribution is -0.0760. The predicted molar refractivity (Wildman–Crippen MR) is 47.1 cm³/mol. The SMILES string of the molecule is CON(C)C(=O)c1cc(F)c(F)c(O)c1F. The summed E-state index contributed by atoms with van der Waals surface area (Å²) in [6.07, 6.45) is 0. The summed E-state index contributed by atoms with van der Waals surface area (Å²) in [5.74, 6) is -7.38. The van der Waals surface area contributed by atoms with Crippen molar-refractivity contribution in [1.29, 1.82) is 0 Å². The van der Waals surface area contributed by atoms with Crippen molar-refractivity contribution in [3.63, 3.8) is 0 Å². The molecule has 0 aromatic heterocycles. The Kier molecular flexibility index (Phi) is 3.38. The minimum atomic E-state index is -1.74. The molecule has 16 heavy (non-hydrogen) atoms. The molecule has 0 aliphatic rings. The lowest BCUT2D eigenvalue weighted by atomic mass is 10.1. The summed E-state index contributed by atoms with van der Waals surface area (Å²) in [5, 5.41) is 9.48. The molecule has 0 spiro atoms. The number of carbonyl (C=O) groups excluding carboxylic acids is 1. The average Bonchev–Trinajstić information content (AvgIpc) is 2.29. The highest BCUT2D eigenvalue weighted by molar-refractivity contribution is 5.94. The van der Waals surface area contributed by atoms with Gasteiger partial charge in [-0.15, -0.1) is 0 Å². The first-order valence-electron chi connectivity index (χ1n) is 4.08. The summed E-state index contributed by atoms with van der Waals surface area (Å²) >= 11 is 0. The second-order valence-corrected chi connectivity index (χ2v) is 2.87. The molecule has 1 N–H and O–H groups in total. The number of hydrogen-bond donors (Lipinski definition) is 1. The first-order valence-corrected chi connectivity index (χ1v) is 4.08. The largest absolute Gasteiger partial charge is 0.503 e. The maximum absolute atomic E-state index is 13.2. The van der Waals surface area contributed by atoms with Crippen molar-refractivity contribution in [3.8, 4) is 5.75 Å². The number of amides is 1. The smallest absolute Gasteiger partial charge is 0.280 e. The van der Waals surface area contributed by atoms with Gasteiger partial charge < -0.3 is 5.11 Å². The van der Waals surface area contributed by atoms with Crippen LogP contribution in [-0.2, 0) is 4.84 Å². The van der Waals surface area contributed by atoms with Crippen LogP contribution in [0.15, 0.2) is 6.07 Å². The highest BCUT2D eigenvalue weighted by atomic mass is 19.2. The van der Waals surface area contributed by atoms with Crippen molar-refractivity contribution in [3.05, 3.63) is 29.1 Å². The van der Waals surface area contributed by atoms with E-state index in [1.165, 1.54) is 0 Å². The van der Waals surface area contributed by atoms with E-state index in [2.05, 4.69) is 4.84 Å². The van der Waals surface area contributed by atoms with Gasteiger partial charge in [-0.3, -0.25) is 9.63 Å². The third-order valence-corrected chi connectivity index (χ3v) is 1.92. The second-order valence-electron chi connectivity index (χ2n) is 2.87. The van der Waals surface area contributed by atoms with Gasteiger partial charge in [0.25, 0.3) is 5.91 Å². The monoisotopic (exact) mass is 235 g/mol. The molecule has 0 aliphatic carbocycles. The van der Waals surface area contributed by atoms with E-state index in [1.807, 2.05) is 0 Å². The Morgan fingerprint density at radius 1 is 1.38 bits per heavy atom. The van der Waals surface area contributed by atoms with Crippen molar-refractivity contribution < 1.29 is 27.9 Å². The average molecular weight is 235 g/mol. The van der Waals surface area contributed by atoms with Crippen LogP contribution >= 0.6 is 0 Å². The number of nitrogens with zero attached hydrogens (tertiary/aromatic N) is 1. The molecule has 1 aromatic rings. The van der Waals surface area contributed by atoms with Crippen molar-refractivity contribution in [2.45, 2.75) is 0 Å². The molecule has 0 fully saturated rings. The summed E-state index contributed by atoms with van der Waals surface area (Å²) in [6.45, 7) is 0. The van der Waals surface area contributed by atoms with Crippen LogP contribution in [0.4, 0.5) is 13.2 Å². The van der Waals surface area contributed by atoms with Gasteiger partial charge in [0.15, 0.2) is 17.4 Å². The maximum atomic E-state index is 13.2. The van der Waals surface area contributed by atoms with E-state index in [0.717, 1.165) is 14.2 Å². The number of phenols is 1. The maximum Gasteiger partial charge on any atom is 0.280 e. The molecular formula is C9H8F3NO3. The fourth-order valence-corrected chi connectivity index (χ4v) is 0.999. The fraction of sp³-hybridized carbons (Fsp3) is 0.222. The van der Waals surface area contributed by atoms with E-state index in [4.69, 9.17) is 5.11 Å². The van der Waals surface area contributed by atoms with E-state index in [9.17, 15) is 18.0 Å². The zero-order valence-electron chi connectivity index (χ0n) is 8.42. The number of carbonyl (C=O) groups is 1. The van der Waals surface area contributed by atoms with Gasteiger partial charge in [-0.25, -0.2) is 13.8 Å². The van der Waals surface area contributed by atoms with Gasteiger partial charge in [0.05, 0.1) is 12.7 Å². The number of phenolic OH excluding ortho intramolecular Hbond substituents is 1. The number of hydrogen-bond acceptors (Lipinski definition) is 3. The number of rotatable bonds is 2. The quantitative estimate of drug-likeness (QED) is 0.623. The molecule has 0 saturated carbocycles. The Hall–Kier alpha value is -1.76. The third kappa shape index (κ3) is 1.94. The molecule has 0 heterocycles. The van der Waals surface area contributed by atoms with Crippen LogP contribution in [0.25, 0.3) is 0 Å². The van der Waals surface area contributed by atoms with Crippen LogP contribution in [0.1, 0.15) is 10.4 Å². The van der Waals surface area contributed by atoms with Gasteiger partial charge in [-0.2, -0.15) is 4.39 Å². The first-order chi connectivity index (χ1) is 7.40. The van der Waals surface area contributed by atoms with Gasteiger partial charge >= 0.3 is 0 Å². The molecule has 0 atom stereocenters. The predicted octanol–water partition coefficient (Wildman–Crippen LogP) is 1.44. The van der Waals surface area contributed by atoms with Crippen molar-refractivity contribution in [2.75, 3.05) is 14.2 Å². The van der Waals surface area contributed by atoms with Gasteiger partial charge in [0.1, 0.15) is 0 Å². The summed E-state index contributed by atoms with van der Waals surface area (Å²) < 4.78 is 38.8. The molecule has 0 saturated heterocycles. The standard InChI is InChI=1S/C9H8F3NO3/c1-13(16-2)9(15)4-3-5(10)7(12)8(14)6(4)11/h3,14H,1-2H3. The van der Waals surface area contributed by atoms with Crippen LogP contribution in [-0.4, -0.2) is 30.2 Å². The summed E-state index contributed by atoms with van der Waals surface area (Å²) in [4.78, 5) is 15.8. The topological polar surface area (TPSA) is 49.8 Å². The van der Waals surface area contributed by atoms with Crippen LogP contribution in [0.2, 0.25) is 0 Å². The fourth-order valence-electron chi connectivity index (χ4n) is 0.999. The summed E-state index contributed by atoms with van der Waals surface area (Å²) in [7, 11) is 2.29. The molecule has 1 amide bonds. The lowest BCUT2D eigenvalue weighted by Crippen LogP contribution is -2.26. The van der Waals surface area contributed by atoms with Gasteiger partial charge in [-0.05, 0) is 6.07 Å². The van der Waals surface area contributed by atoms with Crippen LogP contribution in [0.3, 0.4) is 0 Å². The van der Waals surface area contributed by atoms with Crippen molar-refractivity contribution in [2.24, 2.45) is 0 Å². The van der Waals surface area contributed by atoms with E-state index in [1.54, 1.807) is 0 Å². The molecule has 7 heteroatoms. The number of hydroxylamine groups is 2. The van der Waals surface area contributed by atoms with Crippen molar-refractivity contribution >= 4 is 5.91 Å². The van der Waals surface area contributed by atoms with E-state index >= 15 is 0 Å². The van der Waals surface area contributed by atoms with Crippen LogP contribution in [0.5, 0.6) is 5.75 Å². The third-order valence-electron chi connectivity index (χ3n) is 1.92. The van der Waals surface area contributed by atoms with Crippen LogP contribution < -0.4 is 0 Å². The highest BCUT2D eigenvalue weighted by Gasteiger charge is 2.24. The lowest BCUT2D eigenvalue weighted by Gasteiger charge is -2.14. The summed E-state index contributed by atoms with van der Waals surface area (Å²) in [6, 6.07) is 0.349. The number of halogens is 3. The number of aromatic hydroxyl groups is 1. The molecule has 4 nitrogen and oxygen atoms in total. The first kappa shape index (κ1) is 12.3. The van der Waals surface area contributed by atoms with Gasteiger partial charge in [0.2, 0.25) is 5.82 Å². The van der Waals surface area contributed by atoms with Crippen LogP contribution in [0, 0.1) is 17.5 Å². The zero-order valence-corrected chi connectivity index (χ0v) is 8.42. The normalized spacial score (nSPS) is 10.3. The molecule has 0 radical (unpaired) electrons. The molecule has 0 aliphatic heterocycles. The molecular weight excluding hydrogens is 227 g/mol. The molecule has 1 rings (SSSR count). The summed E-state index contributed by atoms with van der Waals surface area (Å²) in [5.41, 5.74) is -0.819. The van der Waals surface area contributed by atoms with E-state index < -0.39 is 34.7 Å².